The summed E-state index contributed by atoms with van der Waals surface area (Å²) in [5.74, 6) is -2.03. The van der Waals surface area contributed by atoms with Gasteiger partial charge in [0.1, 0.15) is 11.6 Å². The van der Waals surface area contributed by atoms with Crippen LogP contribution in [0.2, 0.25) is 5.02 Å². The highest BCUT2D eigenvalue weighted by Crippen LogP contribution is 2.20. The van der Waals surface area contributed by atoms with Crippen molar-refractivity contribution in [3.05, 3.63) is 64.4 Å². The van der Waals surface area contributed by atoms with Crippen LogP contribution in [0.5, 0.6) is 5.75 Å². The minimum atomic E-state index is -0.716. The van der Waals surface area contributed by atoms with Gasteiger partial charge in [0.15, 0.2) is 13.2 Å². The molecule has 2 aromatic rings. The van der Waals surface area contributed by atoms with Crippen LogP contribution in [0.25, 0.3) is 0 Å². The fourth-order valence-electron chi connectivity index (χ4n) is 2.17. The van der Waals surface area contributed by atoms with Gasteiger partial charge in [-0.3, -0.25) is 9.59 Å². The monoisotopic (exact) mass is 408 g/mol. The summed E-state index contributed by atoms with van der Waals surface area (Å²) >= 11 is 5.94. The highest BCUT2D eigenvalue weighted by atomic mass is 35.5. The number of nitrogens with zero attached hydrogens (tertiary/aromatic N) is 1. The van der Waals surface area contributed by atoms with E-state index in [0.29, 0.717) is 5.75 Å². The zero-order valence-corrected chi connectivity index (χ0v) is 15.7. The van der Waals surface area contributed by atoms with Crippen LogP contribution in [0.3, 0.4) is 0 Å². The van der Waals surface area contributed by atoms with Gasteiger partial charge in [0.25, 0.3) is 11.8 Å². The molecule has 7 nitrogen and oxygen atoms in total. The van der Waals surface area contributed by atoms with Gasteiger partial charge in [0, 0.05) is 24.2 Å². The molecule has 9 heteroatoms. The van der Waals surface area contributed by atoms with Crippen LogP contribution in [-0.2, 0) is 20.9 Å². The predicted molar refractivity (Wildman–Crippen MR) is 99.3 cm³/mol. The number of carbonyl (C=O) groups is 3. The number of primary amides is 1. The van der Waals surface area contributed by atoms with Gasteiger partial charge in [0.05, 0.1) is 5.56 Å². The standard InChI is InChI=1S/C19H18ClFN2O5/c1-23(9-14-15(20)3-2-4-16(14)21)18(25)11-28-19(26)12-5-7-13(8-6-12)27-10-17(22)24/h2-8H,9-11H2,1H3,(H2,22,24). The number of halogens is 2. The number of hydrogen-bond donors (Lipinski definition) is 1. The van der Waals surface area contributed by atoms with Gasteiger partial charge in [-0.2, -0.15) is 0 Å². The van der Waals surface area contributed by atoms with E-state index in [0.717, 1.165) is 0 Å². The van der Waals surface area contributed by atoms with Crippen molar-refractivity contribution in [2.45, 2.75) is 6.54 Å². The van der Waals surface area contributed by atoms with Crippen molar-refractivity contribution < 1.29 is 28.2 Å². The smallest absolute Gasteiger partial charge is 0.338 e. The molecular formula is C19H18ClFN2O5. The lowest BCUT2D eigenvalue weighted by molar-refractivity contribution is -0.133. The number of esters is 1. The summed E-state index contributed by atoms with van der Waals surface area (Å²) in [5.41, 5.74) is 5.35. The normalized spacial score (nSPS) is 10.2. The van der Waals surface area contributed by atoms with Gasteiger partial charge in [0.2, 0.25) is 0 Å². The van der Waals surface area contributed by atoms with E-state index in [9.17, 15) is 18.8 Å². The van der Waals surface area contributed by atoms with Crippen LogP contribution < -0.4 is 10.5 Å². The quantitative estimate of drug-likeness (QED) is 0.675. The Hall–Kier alpha value is -3.13. The molecule has 2 rings (SSSR count). The Kier molecular flexibility index (Phi) is 7.34. The van der Waals surface area contributed by atoms with E-state index < -0.39 is 30.2 Å². The molecule has 0 fully saturated rings. The molecule has 28 heavy (non-hydrogen) atoms. The molecule has 0 aliphatic carbocycles. The van der Waals surface area contributed by atoms with Crippen LogP contribution >= 0.6 is 11.6 Å². The number of ether oxygens (including phenoxy) is 2. The van der Waals surface area contributed by atoms with Crippen molar-refractivity contribution in [1.82, 2.24) is 4.90 Å². The Morgan fingerprint density at radius 1 is 1.11 bits per heavy atom. The molecule has 148 valence electrons. The summed E-state index contributed by atoms with van der Waals surface area (Å²) in [5, 5.41) is 0.204. The molecule has 0 radical (unpaired) electrons. The van der Waals surface area contributed by atoms with E-state index in [-0.39, 0.29) is 29.3 Å². The third-order valence-corrected chi connectivity index (χ3v) is 4.03. The topological polar surface area (TPSA) is 98.9 Å². The average Bonchev–Trinajstić information content (AvgIpc) is 2.67. The molecule has 2 N–H and O–H groups in total. The van der Waals surface area contributed by atoms with Crippen molar-refractivity contribution in [3.8, 4) is 5.75 Å². The zero-order chi connectivity index (χ0) is 20.7. The SMILES string of the molecule is CN(Cc1c(F)cccc1Cl)C(=O)COC(=O)c1ccc(OCC(N)=O)cc1. The van der Waals surface area contributed by atoms with Crippen molar-refractivity contribution in [3.63, 3.8) is 0 Å². The van der Waals surface area contributed by atoms with E-state index in [1.165, 1.54) is 54.4 Å². The Bertz CT molecular complexity index is 853. The number of benzene rings is 2. The lowest BCUT2D eigenvalue weighted by Crippen LogP contribution is -2.31. The summed E-state index contributed by atoms with van der Waals surface area (Å²) in [6, 6.07) is 10.0. The molecule has 0 unspecified atom stereocenters. The summed E-state index contributed by atoms with van der Waals surface area (Å²) in [7, 11) is 1.45. The van der Waals surface area contributed by atoms with Gasteiger partial charge in [-0.1, -0.05) is 17.7 Å². The lowest BCUT2D eigenvalue weighted by Gasteiger charge is -2.18. The molecule has 0 saturated carbocycles. The minimum absolute atomic E-state index is 0.0617. The summed E-state index contributed by atoms with van der Waals surface area (Å²) in [6.07, 6.45) is 0. The number of rotatable bonds is 8. The fourth-order valence-corrected chi connectivity index (χ4v) is 2.39. The second-order valence-corrected chi connectivity index (χ2v) is 6.21. The maximum Gasteiger partial charge on any atom is 0.338 e. The number of hydrogen-bond acceptors (Lipinski definition) is 5. The Morgan fingerprint density at radius 3 is 2.39 bits per heavy atom. The summed E-state index contributed by atoms with van der Waals surface area (Å²) < 4.78 is 23.9. The van der Waals surface area contributed by atoms with E-state index in [2.05, 4.69) is 0 Å². The molecule has 2 aromatic carbocycles. The first kappa shape index (κ1) is 21.2. The van der Waals surface area contributed by atoms with Gasteiger partial charge >= 0.3 is 5.97 Å². The first-order valence-corrected chi connectivity index (χ1v) is 8.51. The van der Waals surface area contributed by atoms with Crippen molar-refractivity contribution in [1.29, 1.82) is 0 Å². The summed E-state index contributed by atoms with van der Waals surface area (Å²) in [6.45, 7) is -0.855. The number of carbonyl (C=O) groups excluding carboxylic acids is 3. The number of nitrogens with two attached hydrogens (primary N) is 1. The highest BCUT2D eigenvalue weighted by molar-refractivity contribution is 6.31. The highest BCUT2D eigenvalue weighted by Gasteiger charge is 2.17. The Balaban J connectivity index is 1.87. The van der Waals surface area contributed by atoms with E-state index >= 15 is 0 Å². The third-order valence-electron chi connectivity index (χ3n) is 3.68. The molecule has 0 aliphatic rings. The second kappa shape index (κ2) is 9.70. The van der Waals surface area contributed by atoms with Crippen LogP contribution in [0.1, 0.15) is 15.9 Å². The van der Waals surface area contributed by atoms with Gasteiger partial charge in [-0.25, -0.2) is 9.18 Å². The van der Waals surface area contributed by atoms with Gasteiger partial charge in [-0.15, -0.1) is 0 Å². The Labute approximate surface area is 165 Å². The van der Waals surface area contributed by atoms with Crippen LogP contribution in [0, 0.1) is 5.82 Å². The van der Waals surface area contributed by atoms with E-state index in [1.54, 1.807) is 0 Å². The predicted octanol–water partition coefficient (Wildman–Crippen LogP) is 2.16. The zero-order valence-electron chi connectivity index (χ0n) is 15.0. The maximum absolute atomic E-state index is 13.8. The molecule has 0 heterocycles. The van der Waals surface area contributed by atoms with Crippen LogP contribution in [0.4, 0.5) is 4.39 Å². The van der Waals surface area contributed by atoms with E-state index in [1.807, 2.05) is 0 Å². The maximum atomic E-state index is 13.8. The fraction of sp³-hybridized carbons (Fsp3) is 0.211. The van der Waals surface area contributed by atoms with Crippen molar-refractivity contribution in [2.75, 3.05) is 20.3 Å². The van der Waals surface area contributed by atoms with Gasteiger partial charge < -0.3 is 20.1 Å². The lowest BCUT2D eigenvalue weighted by atomic mass is 10.2. The van der Waals surface area contributed by atoms with Gasteiger partial charge in [-0.05, 0) is 36.4 Å². The van der Waals surface area contributed by atoms with Crippen molar-refractivity contribution in [2.24, 2.45) is 5.73 Å². The summed E-state index contributed by atoms with van der Waals surface area (Å²) in [4.78, 5) is 36.0. The first-order valence-electron chi connectivity index (χ1n) is 8.13. The third kappa shape index (κ3) is 5.95. The minimum Gasteiger partial charge on any atom is -0.484 e. The largest absolute Gasteiger partial charge is 0.484 e. The van der Waals surface area contributed by atoms with Crippen molar-refractivity contribution >= 4 is 29.4 Å². The number of likely N-dealkylation sites (N-methyl/N-ethyl adjacent to an activating group) is 1. The molecular weight excluding hydrogens is 391 g/mol. The average molecular weight is 409 g/mol. The molecule has 0 atom stereocenters. The number of amides is 2. The van der Waals surface area contributed by atoms with E-state index in [4.69, 9.17) is 26.8 Å². The van der Waals surface area contributed by atoms with Crippen LogP contribution in [0.15, 0.2) is 42.5 Å². The molecule has 0 saturated heterocycles. The molecule has 2 amide bonds. The molecule has 0 bridgehead atoms. The molecule has 0 spiro atoms. The molecule has 0 aromatic heterocycles. The second-order valence-electron chi connectivity index (χ2n) is 5.81. The van der Waals surface area contributed by atoms with Crippen LogP contribution in [-0.4, -0.2) is 42.9 Å². The molecule has 0 aliphatic heterocycles. The Morgan fingerprint density at radius 2 is 1.79 bits per heavy atom. The first-order chi connectivity index (χ1) is 13.3.